The van der Waals surface area contributed by atoms with Gasteiger partial charge in [0, 0.05) is 36.0 Å². The molecule has 104 valence electrons. The third-order valence-electron chi connectivity index (χ3n) is 3.11. The lowest BCUT2D eigenvalue weighted by atomic mass is 10.2. The van der Waals surface area contributed by atoms with Crippen molar-refractivity contribution >= 4 is 40.6 Å². The Morgan fingerprint density at radius 3 is 3.00 bits per heavy atom. The Labute approximate surface area is 131 Å². The van der Waals surface area contributed by atoms with Gasteiger partial charge in [-0.2, -0.15) is 0 Å². The van der Waals surface area contributed by atoms with Crippen molar-refractivity contribution in [3.8, 4) is 0 Å². The largest absolute Gasteiger partial charge is 0.321 e. The molecule has 0 spiro atoms. The number of thiophene rings is 1. The van der Waals surface area contributed by atoms with E-state index in [0.29, 0.717) is 13.0 Å². The summed E-state index contributed by atoms with van der Waals surface area (Å²) in [6.07, 6.45) is 4.15. The maximum atomic E-state index is 12.3. The topological polar surface area (TPSA) is 33.2 Å². The van der Waals surface area contributed by atoms with Crippen LogP contribution in [-0.2, 0) is 11.3 Å². The van der Waals surface area contributed by atoms with Crippen molar-refractivity contribution in [2.45, 2.75) is 18.3 Å². The van der Waals surface area contributed by atoms with Gasteiger partial charge < -0.3 is 4.90 Å². The number of carbonyl (C=O) groups is 1. The van der Waals surface area contributed by atoms with Gasteiger partial charge in [0.25, 0.3) is 0 Å². The third kappa shape index (κ3) is 3.00. The van der Waals surface area contributed by atoms with Crippen LogP contribution in [0.15, 0.2) is 36.7 Å². The standard InChI is InChI=1S/C14H13ClN2OS2/c15-12-4-3-11(20-12)14-17(13(18)5-7-19-14)9-10-2-1-6-16-8-10/h1-4,6,8,14H,5,7,9H2. The van der Waals surface area contributed by atoms with Gasteiger partial charge in [-0.1, -0.05) is 17.7 Å². The van der Waals surface area contributed by atoms with Crippen LogP contribution in [-0.4, -0.2) is 21.5 Å². The Kier molecular flexibility index (Phi) is 4.29. The van der Waals surface area contributed by atoms with Crippen LogP contribution < -0.4 is 0 Å². The molecule has 0 aromatic carbocycles. The summed E-state index contributed by atoms with van der Waals surface area (Å²) < 4.78 is 0.764. The number of halogens is 1. The molecule has 0 bridgehead atoms. The number of amides is 1. The van der Waals surface area contributed by atoms with Crippen LogP contribution in [0.3, 0.4) is 0 Å². The number of hydrogen-bond donors (Lipinski definition) is 0. The molecule has 2 aromatic rings. The van der Waals surface area contributed by atoms with Crippen LogP contribution >= 0.6 is 34.7 Å². The minimum Gasteiger partial charge on any atom is -0.321 e. The fraction of sp³-hybridized carbons (Fsp3) is 0.286. The van der Waals surface area contributed by atoms with Crippen molar-refractivity contribution in [3.63, 3.8) is 0 Å². The zero-order valence-electron chi connectivity index (χ0n) is 10.7. The van der Waals surface area contributed by atoms with E-state index in [1.807, 2.05) is 35.4 Å². The molecule has 3 heterocycles. The number of hydrogen-bond acceptors (Lipinski definition) is 4. The average molecular weight is 325 g/mol. The summed E-state index contributed by atoms with van der Waals surface area (Å²) in [5.41, 5.74) is 1.05. The minimum absolute atomic E-state index is 0.0638. The summed E-state index contributed by atoms with van der Waals surface area (Å²) in [5, 5.41) is 0.0638. The van der Waals surface area contributed by atoms with E-state index < -0.39 is 0 Å². The van der Waals surface area contributed by atoms with Gasteiger partial charge in [0.05, 0.1) is 4.34 Å². The Hall–Kier alpha value is -1.04. The highest BCUT2D eigenvalue weighted by Crippen LogP contribution is 2.41. The molecule has 3 nitrogen and oxygen atoms in total. The molecular weight excluding hydrogens is 312 g/mol. The fourth-order valence-corrected chi connectivity index (χ4v) is 4.71. The number of aromatic nitrogens is 1. The highest BCUT2D eigenvalue weighted by molar-refractivity contribution is 7.99. The van der Waals surface area contributed by atoms with Crippen LogP contribution in [0, 0.1) is 0 Å². The van der Waals surface area contributed by atoms with Gasteiger partial charge in [0.2, 0.25) is 5.91 Å². The molecule has 0 N–H and O–H groups in total. The lowest BCUT2D eigenvalue weighted by Gasteiger charge is -2.34. The van der Waals surface area contributed by atoms with Gasteiger partial charge in [-0.3, -0.25) is 9.78 Å². The van der Waals surface area contributed by atoms with Crippen molar-refractivity contribution in [1.82, 2.24) is 9.88 Å². The Bertz CT molecular complexity index is 602. The van der Waals surface area contributed by atoms with E-state index in [4.69, 9.17) is 11.6 Å². The molecule has 0 aliphatic carbocycles. The van der Waals surface area contributed by atoms with E-state index in [1.165, 1.54) is 0 Å². The molecule has 6 heteroatoms. The van der Waals surface area contributed by atoms with Gasteiger partial charge >= 0.3 is 0 Å². The lowest BCUT2D eigenvalue weighted by molar-refractivity contribution is -0.132. The zero-order chi connectivity index (χ0) is 13.9. The van der Waals surface area contributed by atoms with Crippen molar-refractivity contribution in [2.75, 3.05) is 5.75 Å². The third-order valence-corrected chi connectivity index (χ3v) is 5.80. The quantitative estimate of drug-likeness (QED) is 0.856. The second-order valence-electron chi connectivity index (χ2n) is 4.50. The normalized spacial score (nSPS) is 19.4. The van der Waals surface area contributed by atoms with Gasteiger partial charge in [0.1, 0.15) is 5.37 Å². The first-order valence-corrected chi connectivity index (χ1v) is 8.53. The molecule has 1 aliphatic heterocycles. The first kappa shape index (κ1) is 13.9. The molecule has 1 aliphatic rings. The van der Waals surface area contributed by atoms with Crippen LogP contribution in [0.1, 0.15) is 22.2 Å². The van der Waals surface area contributed by atoms with E-state index >= 15 is 0 Å². The summed E-state index contributed by atoms with van der Waals surface area (Å²) >= 11 is 9.36. The second-order valence-corrected chi connectivity index (χ2v) is 7.43. The summed E-state index contributed by atoms with van der Waals surface area (Å²) in [4.78, 5) is 19.4. The van der Waals surface area contributed by atoms with Crippen molar-refractivity contribution in [2.24, 2.45) is 0 Å². The Morgan fingerprint density at radius 1 is 1.40 bits per heavy atom. The zero-order valence-corrected chi connectivity index (χ0v) is 13.0. The van der Waals surface area contributed by atoms with E-state index in [-0.39, 0.29) is 11.3 Å². The lowest BCUT2D eigenvalue weighted by Crippen LogP contribution is -2.36. The first-order valence-electron chi connectivity index (χ1n) is 6.29. The van der Waals surface area contributed by atoms with Crippen molar-refractivity contribution < 1.29 is 4.79 Å². The number of thioether (sulfide) groups is 1. The molecule has 3 rings (SSSR count). The molecule has 1 fully saturated rings. The summed E-state index contributed by atoms with van der Waals surface area (Å²) in [6, 6.07) is 7.80. The smallest absolute Gasteiger partial charge is 0.224 e. The SMILES string of the molecule is O=C1CCSC(c2ccc(Cl)s2)N1Cc1cccnc1. The van der Waals surface area contributed by atoms with Crippen molar-refractivity contribution in [3.05, 3.63) is 51.4 Å². The maximum absolute atomic E-state index is 12.3. The molecule has 1 saturated heterocycles. The van der Waals surface area contributed by atoms with Crippen LogP contribution in [0.25, 0.3) is 0 Å². The first-order chi connectivity index (χ1) is 9.74. The van der Waals surface area contributed by atoms with E-state index in [0.717, 1.165) is 20.5 Å². The monoisotopic (exact) mass is 324 g/mol. The number of rotatable bonds is 3. The summed E-state index contributed by atoms with van der Waals surface area (Å²) in [7, 11) is 0. The summed E-state index contributed by atoms with van der Waals surface area (Å²) in [6.45, 7) is 0.597. The predicted octanol–water partition coefficient (Wildman–Crippen LogP) is 3.96. The number of pyridine rings is 1. The van der Waals surface area contributed by atoms with Gasteiger partial charge in [0.15, 0.2) is 0 Å². The Morgan fingerprint density at radius 2 is 2.30 bits per heavy atom. The molecule has 2 aromatic heterocycles. The average Bonchev–Trinajstić information content (AvgIpc) is 2.89. The van der Waals surface area contributed by atoms with Gasteiger partial charge in [-0.25, -0.2) is 0 Å². The molecule has 1 unspecified atom stereocenters. The van der Waals surface area contributed by atoms with Crippen LogP contribution in [0.5, 0.6) is 0 Å². The molecule has 1 amide bonds. The van der Waals surface area contributed by atoms with Crippen molar-refractivity contribution in [1.29, 1.82) is 0 Å². The van der Waals surface area contributed by atoms with E-state index in [1.54, 1.807) is 29.3 Å². The molecule has 20 heavy (non-hydrogen) atoms. The van der Waals surface area contributed by atoms with E-state index in [9.17, 15) is 4.79 Å². The van der Waals surface area contributed by atoms with Gasteiger partial charge in [-0.05, 0) is 23.8 Å². The highest BCUT2D eigenvalue weighted by atomic mass is 35.5. The summed E-state index contributed by atoms with van der Waals surface area (Å²) in [5.74, 6) is 1.06. The van der Waals surface area contributed by atoms with Gasteiger partial charge in [-0.15, -0.1) is 23.1 Å². The molecule has 0 saturated carbocycles. The molecule has 0 radical (unpaired) electrons. The Balaban J connectivity index is 1.85. The maximum Gasteiger partial charge on any atom is 0.224 e. The highest BCUT2D eigenvalue weighted by Gasteiger charge is 2.30. The molecular formula is C14H13ClN2OS2. The predicted molar refractivity (Wildman–Crippen MR) is 83.9 cm³/mol. The van der Waals surface area contributed by atoms with Crippen LogP contribution in [0.4, 0.5) is 0 Å². The molecule has 1 atom stereocenters. The fourth-order valence-electron chi connectivity index (χ4n) is 2.18. The number of carbonyl (C=O) groups excluding carboxylic acids is 1. The van der Waals surface area contributed by atoms with E-state index in [2.05, 4.69) is 4.98 Å². The van der Waals surface area contributed by atoms with Crippen LogP contribution in [0.2, 0.25) is 4.34 Å². The minimum atomic E-state index is 0.0638. The second kappa shape index (κ2) is 6.16. The number of nitrogens with zero attached hydrogens (tertiary/aromatic N) is 2.